The molecule has 7 heteroatoms. The third-order valence-corrected chi connectivity index (χ3v) is 5.85. The predicted molar refractivity (Wildman–Crippen MR) is 94.0 cm³/mol. The first kappa shape index (κ1) is 17.1. The van der Waals surface area contributed by atoms with E-state index in [1.165, 1.54) is 23.6 Å². The van der Waals surface area contributed by atoms with Crippen molar-refractivity contribution < 1.29 is 19.1 Å². The van der Waals surface area contributed by atoms with Gasteiger partial charge in [0.05, 0.1) is 0 Å². The summed E-state index contributed by atoms with van der Waals surface area (Å²) in [5, 5.41) is -0.638. The second kappa shape index (κ2) is 6.64. The van der Waals surface area contributed by atoms with Crippen LogP contribution in [-0.2, 0) is 19.1 Å². The van der Waals surface area contributed by atoms with Gasteiger partial charge in [-0.2, -0.15) is 0 Å². The molecule has 126 valence electrons. The first-order valence-electron chi connectivity index (χ1n) is 7.64. The van der Waals surface area contributed by atoms with Gasteiger partial charge in [0.1, 0.15) is 23.1 Å². The SMILES string of the molecule is CCC1=C(C(=O)S)N2C(=O)C(C(OC(C)=O)c3ccccc3)[C@H]2S1. The smallest absolute Gasteiger partial charge is 0.303 e. The van der Waals surface area contributed by atoms with E-state index in [0.29, 0.717) is 12.1 Å². The molecule has 3 rings (SSSR count). The number of fused-ring (bicyclic) bond motifs is 1. The van der Waals surface area contributed by atoms with Gasteiger partial charge >= 0.3 is 5.97 Å². The molecule has 0 aromatic heterocycles. The van der Waals surface area contributed by atoms with Gasteiger partial charge in [0.15, 0.2) is 0 Å². The zero-order valence-electron chi connectivity index (χ0n) is 13.3. The van der Waals surface area contributed by atoms with Gasteiger partial charge in [-0.3, -0.25) is 19.3 Å². The molecule has 3 atom stereocenters. The van der Waals surface area contributed by atoms with Crippen molar-refractivity contribution in [2.75, 3.05) is 0 Å². The lowest BCUT2D eigenvalue weighted by atomic mass is 9.87. The summed E-state index contributed by atoms with van der Waals surface area (Å²) in [6.07, 6.45) is 0.000463. The average Bonchev–Trinajstić information content (AvgIpc) is 2.89. The fourth-order valence-electron chi connectivity index (χ4n) is 3.11. The topological polar surface area (TPSA) is 63.7 Å². The van der Waals surface area contributed by atoms with E-state index in [2.05, 4.69) is 12.6 Å². The minimum Gasteiger partial charge on any atom is -0.457 e. The van der Waals surface area contributed by atoms with Crippen LogP contribution in [0.2, 0.25) is 0 Å². The highest BCUT2D eigenvalue weighted by atomic mass is 32.2. The lowest BCUT2D eigenvalue weighted by Gasteiger charge is -2.45. The first-order valence-corrected chi connectivity index (χ1v) is 8.96. The van der Waals surface area contributed by atoms with Crippen molar-refractivity contribution in [3.63, 3.8) is 0 Å². The Hall–Kier alpha value is -1.73. The van der Waals surface area contributed by atoms with Crippen LogP contribution in [-0.4, -0.2) is 27.3 Å². The third-order valence-electron chi connectivity index (χ3n) is 4.12. The largest absolute Gasteiger partial charge is 0.457 e. The molecular weight excluding hydrogens is 346 g/mol. The zero-order valence-corrected chi connectivity index (χ0v) is 15.0. The quantitative estimate of drug-likeness (QED) is 0.495. The molecule has 0 bridgehead atoms. The number of esters is 1. The third kappa shape index (κ3) is 2.75. The molecule has 1 aromatic carbocycles. The number of thiol groups is 1. The van der Waals surface area contributed by atoms with Crippen LogP contribution in [0.4, 0.5) is 0 Å². The highest BCUT2D eigenvalue weighted by molar-refractivity contribution is 8.04. The standard InChI is InChI=1S/C17H17NO4S2/c1-3-11-13(17(21)23)18-15(20)12(16(18)24-11)14(22-9(2)19)10-7-5-4-6-8-10/h4-8,12,14,16H,3H2,1-2H3,(H,21,23)/t12?,14?,16-/m1/s1. The molecule has 2 aliphatic heterocycles. The van der Waals surface area contributed by atoms with Crippen molar-refractivity contribution in [1.29, 1.82) is 0 Å². The molecular formula is C17H17NO4S2. The van der Waals surface area contributed by atoms with Gasteiger partial charge in [-0.15, -0.1) is 11.8 Å². The van der Waals surface area contributed by atoms with Gasteiger partial charge in [0.25, 0.3) is 0 Å². The minimum absolute atomic E-state index is 0.205. The summed E-state index contributed by atoms with van der Waals surface area (Å²) >= 11 is 5.38. The number of hydrogen-bond acceptors (Lipinski definition) is 5. The summed E-state index contributed by atoms with van der Waals surface area (Å²) in [6.45, 7) is 3.27. The Morgan fingerprint density at radius 3 is 2.54 bits per heavy atom. The van der Waals surface area contributed by atoms with Gasteiger partial charge in [-0.25, -0.2) is 0 Å². The maximum atomic E-state index is 12.7. The van der Waals surface area contributed by atoms with E-state index in [-0.39, 0.29) is 11.3 Å². The number of carbonyl (C=O) groups excluding carboxylic acids is 3. The van der Waals surface area contributed by atoms with Gasteiger partial charge in [-0.1, -0.05) is 49.9 Å². The Bertz CT molecular complexity index is 731. The van der Waals surface area contributed by atoms with Crippen molar-refractivity contribution in [3.05, 3.63) is 46.5 Å². The van der Waals surface area contributed by atoms with Crippen LogP contribution in [0, 0.1) is 5.92 Å². The van der Waals surface area contributed by atoms with Gasteiger partial charge < -0.3 is 4.74 Å². The Morgan fingerprint density at radius 2 is 2.00 bits per heavy atom. The number of carbonyl (C=O) groups is 3. The molecule has 2 aliphatic rings. The Labute approximate surface area is 149 Å². The molecule has 2 heterocycles. The monoisotopic (exact) mass is 363 g/mol. The maximum absolute atomic E-state index is 12.7. The number of β-lactam (4-membered cyclic amide) rings is 1. The van der Waals surface area contributed by atoms with Crippen molar-refractivity contribution >= 4 is 41.4 Å². The van der Waals surface area contributed by atoms with Crippen LogP contribution >= 0.6 is 24.4 Å². The number of amides is 1. The molecule has 0 spiro atoms. The molecule has 0 saturated carbocycles. The molecule has 5 nitrogen and oxygen atoms in total. The summed E-state index contributed by atoms with van der Waals surface area (Å²) in [5.41, 5.74) is 1.14. The minimum atomic E-state index is -0.655. The molecule has 0 radical (unpaired) electrons. The van der Waals surface area contributed by atoms with E-state index in [1.807, 2.05) is 37.3 Å². The lowest BCUT2D eigenvalue weighted by Crippen LogP contribution is -2.59. The highest BCUT2D eigenvalue weighted by Crippen LogP contribution is 2.54. The fraction of sp³-hybridized carbons (Fsp3) is 0.353. The second-order valence-corrected chi connectivity index (χ2v) is 7.23. The maximum Gasteiger partial charge on any atom is 0.303 e. The Balaban J connectivity index is 1.92. The molecule has 0 N–H and O–H groups in total. The number of hydrogen-bond donors (Lipinski definition) is 1. The van der Waals surface area contributed by atoms with Gasteiger partial charge in [-0.05, 0) is 12.0 Å². The fourth-order valence-corrected chi connectivity index (χ4v) is 4.91. The molecule has 1 aromatic rings. The van der Waals surface area contributed by atoms with Gasteiger partial charge in [0.2, 0.25) is 11.0 Å². The first-order chi connectivity index (χ1) is 11.5. The van der Waals surface area contributed by atoms with Crippen LogP contribution in [0.15, 0.2) is 40.9 Å². The van der Waals surface area contributed by atoms with Crippen LogP contribution in [0.25, 0.3) is 0 Å². The van der Waals surface area contributed by atoms with Crippen LogP contribution < -0.4 is 0 Å². The van der Waals surface area contributed by atoms with Gasteiger partial charge in [0, 0.05) is 11.8 Å². The van der Waals surface area contributed by atoms with E-state index >= 15 is 0 Å². The van der Waals surface area contributed by atoms with Crippen molar-refractivity contribution in [2.45, 2.75) is 31.7 Å². The Kier molecular flexibility index (Phi) is 4.73. The molecule has 1 fully saturated rings. The van der Waals surface area contributed by atoms with E-state index in [1.54, 1.807) is 0 Å². The van der Waals surface area contributed by atoms with Crippen LogP contribution in [0.1, 0.15) is 31.9 Å². The predicted octanol–water partition coefficient (Wildman–Crippen LogP) is 2.90. The number of allylic oxidation sites excluding steroid dienone is 1. The van der Waals surface area contributed by atoms with Crippen molar-refractivity contribution in [2.24, 2.45) is 5.92 Å². The number of benzene rings is 1. The molecule has 1 saturated heterocycles. The van der Waals surface area contributed by atoms with E-state index in [0.717, 1.165) is 10.5 Å². The summed E-state index contributed by atoms with van der Waals surface area (Å²) < 4.78 is 5.46. The molecule has 24 heavy (non-hydrogen) atoms. The normalized spacial score (nSPS) is 23.6. The summed E-state index contributed by atoms with van der Waals surface area (Å²) in [6, 6.07) is 9.21. The average molecular weight is 363 g/mol. The van der Waals surface area contributed by atoms with Crippen molar-refractivity contribution in [1.82, 2.24) is 4.90 Å². The Morgan fingerprint density at radius 1 is 1.33 bits per heavy atom. The van der Waals surface area contributed by atoms with Crippen LogP contribution in [0.3, 0.4) is 0 Å². The zero-order chi connectivity index (χ0) is 17.4. The molecule has 1 amide bonds. The van der Waals surface area contributed by atoms with Crippen molar-refractivity contribution in [3.8, 4) is 0 Å². The number of ether oxygens (including phenoxy) is 1. The number of thioether (sulfide) groups is 1. The van der Waals surface area contributed by atoms with E-state index in [9.17, 15) is 14.4 Å². The van der Waals surface area contributed by atoms with E-state index < -0.39 is 23.1 Å². The summed E-state index contributed by atoms with van der Waals surface area (Å²) in [7, 11) is 0. The molecule has 2 unspecified atom stereocenters. The molecule has 0 aliphatic carbocycles. The lowest BCUT2D eigenvalue weighted by molar-refractivity contribution is -0.165. The second-order valence-electron chi connectivity index (χ2n) is 5.61. The highest BCUT2D eigenvalue weighted by Gasteiger charge is 2.59. The number of rotatable bonds is 5. The summed E-state index contributed by atoms with van der Waals surface area (Å²) in [5.74, 6) is -1.15. The van der Waals surface area contributed by atoms with Crippen LogP contribution in [0.5, 0.6) is 0 Å². The number of nitrogens with zero attached hydrogens (tertiary/aromatic N) is 1. The summed E-state index contributed by atoms with van der Waals surface area (Å²) in [4.78, 5) is 38.4. The van der Waals surface area contributed by atoms with E-state index in [4.69, 9.17) is 4.74 Å².